The molecule has 0 fully saturated rings. The average Bonchev–Trinajstić information content (AvgIpc) is 3.09. The predicted octanol–water partition coefficient (Wildman–Crippen LogP) is 5.69. The molecule has 2 aromatic carbocycles. The van der Waals surface area contributed by atoms with Gasteiger partial charge in [0.2, 0.25) is 5.88 Å². The predicted molar refractivity (Wildman–Crippen MR) is 135 cm³/mol. The van der Waals surface area contributed by atoms with Gasteiger partial charge < -0.3 is 5.11 Å². The summed E-state index contributed by atoms with van der Waals surface area (Å²) in [5.41, 5.74) is 3.89. The van der Waals surface area contributed by atoms with Crippen molar-refractivity contribution in [2.45, 2.75) is 27.7 Å². The lowest BCUT2D eigenvalue weighted by Crippen LogP contribution is -2.21. The minimum atomic E-state index is -0.277. The van der Waals surface area contributed by atoms with E-state index in [2.05, 4.69) is 15.0 Å². The summed E-state index contributed by atoms with van der Waals surface area (Å²) in [5, 5.41) is 13.4. The van der Waals surface area contributed by atoms with Crippen LogP contribution in [-0.2, 0) is 0 Å². The molecule has 0 aliphatic carbocycles. The topological polar surface area (TPSA) is 80.4 Å². The molecule has 0 saturated heterocycles. The normalized spacial score (nSPS) is 11.8. The number of pyridine rings is 1. The number of aromatic hydroxyl groups is 1. The van der Waals surface area contributed by atoms with Crippen molar-refractivity contribution in [1.82, 2.24) is 14.5 Å². The molecule has 0 radical (unpaired) electrons. The SMILES string of the molecule is Cc1ccc(-n2c(O)c(C=Nc3ncnc4sc(C)c(C)c34)c3ccccc3c2=O)c(C)c1. The van der Waals surface area contributed by atoms with Gasteiger partial charge in [0.25, 0.3) is 5.56 Å². The molecule has 6 nitrogen and oxygen atoms in total. The zero-order chi connectivity index (χ0) is 23.3. The van der Waals surface area contributed by atoms with E-state index in [0.29, 0.717) is 27.8 Å². The monoisotopic (exact) mass is 454 g/mol. The van der Waals surface area contributed by atoms with Crippen LogP contribution in [-0.4, -0.2) is 25.9 Å². The number of hydrogen-bond acceptors (Lipinski definition) is 6. The molecule has 3 aromatic heterocycles. The highest BCUT2D eigenvalue weighted by molar-refractivity contribution is 7.18. The lowest BCUT2D eigenvalue weighted by Gasteiger charge is -2.16. The smallest absolute Gasteiger partial charge is 0.265 e. The molecule has 164 valence electrons. The van der Waals surface area contributed by atoms with E-state index >= 15 is 0 Å². The highest BCUT2D eigenvalue weighted by Crippen LogP contribution is 2.34. The Morgan fingerprint density at radius 1 is 1.03 bits per heavy atom. The number of benzene rings is 2. The second-order valence-electron chi connectivity index (χ2n) is 8.13. The Balaban J connectivity index is 1.78. The molecule has 1 N–H and O–H groups in total. The molecule has 0 saturated carbocycles. The van der Waals surface area contributed by atoms with Crippen LogP contribution in [0.4, 0.5) is 5.82 Å². The van der Waals surface area contributed by atoms with E-state index in [1.54, 1.807) is 23.6 Å². The first-order valence-electron chi connectivity index (χ1n) is 10.6. The van der Waals surface area contributed by atoms with Crippen LogP contribution in [0.15, 0.2) is 58.6 Å². The summed E-state index contributed by atoms with van der Waals surface area (Å²) < 4.78 is 1.36. The van der Waals surface area contributed by atoms with Crippen LogP contribution in [0.5, 0.6) is 5.88 Å². The van der Waals surface area contributed by atoms with Gasteiger partial charge in [-0.15, -0.1) is 11.3 Å². The Bertz CT molecular complexity index is 1650. The summed E-state index contributed by atoms with van der Waals surface area (Å²) in [6, 6.07) is 13.0. The summed E-state index contributed by atoms with van der Waals surface area (Å²) in [5.74, 6) is 0.382. The molecule has 3 heterocycles. The third-order valence-electron chi connectivity index (χ3n) is 5.96. The van der Waals surface area contributed by atoms with Gasteiger partial charge in [-0.05, 0) is 51.0 Å². The van der Waals surface area contributed by atoms with E-state index in [1.807, 2.05) is 64.1 Å². The van der Waals surface area contributed by atoms with Gasteiger partial charge in [-0.1, -0.05) is 35.9 Å². The lowest BCUT2D eigenvalue weighted by atomic mass is 10.1. The van der Waals surface area contributed by atoms with Crippen LogP contribution in [0.1, 0.15) is 27.1 Å². The third-order valence-corrected chi connectivity index (χ3v) is 7.07. The fourth-order valence-corrected chi connectivity index (χ4v) is 5.15. The Hall–Kier alpha value is -3.84. The summed E-state index contributed by atoms with van der Waals surface area (Å²) in [6.45, 7) is 8.00. The van der Waals surface area contributed by atoms with Crippen molar-refractivity contribution in [2.24, 2.45) is 4.99 Å². The van der Waals surface area contributed by atoms with Crippen LogP contribution in [0.3, 0.4) is 0 Å². The molecule has 5 aromatic rings. The number of thiophene rings is 1. The second kappa shape index (κ2) is 7.94. The highest BCUT2D eigenvalue weighted by Gasteiger charge is 2.18. The van der Waals surface area contributed by atoms with E-state index in [-0.39, 0.29) is 11.4 Å². The maximum Gasteiger partial charge on any atom is 0.265 e. The van der Waals surface area contributed by atoms with Gasteiger partial charge in [0.05, 0.1) is 16.6 Å². The first-order valence-corrected chi connectivity index (χ1v) is 11.4. The van der Waals surface area contributed by atoms with Crippen molar-refractivity contribution in [1.29, 1.82) is 0 Å². The molecule has 33 heavy (non-hydrogen) atoms. The van der Waals surface area contributed by atoms with Crippen LogP contribution in [0.25, 0.3) is 26.7 Å². The van der Waals surface area contributed by atoms with Gasteiger partial charge in [0, 0.05) is 21.9 Å². The second-order valence-corrected chi connectivity index (χ2v) is 9.34. The third kappa shape index (κ3) is 3.41. The fraction of sp³-hybridized carbons (Fsp3) is 0.154. The molecule has 0 unspecified atom stereocenters. The molecule has 0 aliphatic rings. The van der Waals surface area contributed by atoms with Crippen molar-refractivity contribution >= 4 is 44.4 Å². The molecule has 0 aliphatic heterocycles. The van der Waals surface area contributed by atoms with Gasteiger partial charge in [-0.25, -0.2) is 19.5 Å². The van der Waals surface area contributed by atoms with E-state index in [4.69, 9.17) is 0 Å². The van der Waals surface area contributed by atoms with Gasteiger partial charge >= 0.3 is 0 Å². The number of aromatic nitrogens is 3. The van der Waals surface area contributed by atoms with Gasteiger partial charge in [-0.3, -0.25) is 4.79 Å². The zero-order valence-electron chi connectivity index (χ0n) is 18.7. The number of aliphatic imine (C=N–C) groups is 1. The van der Waals surface area contributed by atoms with Crippen molar-refractivity contribution in [3.05, 3.63) is 86.3 Å². The Kier molecular flexibility index (Phi) is 5.06. The van der Waals surface area contributed by atoms with Crippen molar-refractivity contribution in [3.8, 4) is 11.6 Å². The van der Waals surface area contributed by atoms with E-state index < -0.39 is 0 Å². The maximum absolute atomic E-state index is 13.4. The van der Waals surface area contributed by atoms with E-state index in [0.717, 1.165) is 26.9 Å². The average molecular weight is 455 g/mol. The number of rotatable bonds is 3. The van der Waals surface area contributed by atoms with Crippen LogP contribution < -0.4 is 5.56 Å². The molecule has 5 rings (SSSR count). The maximum atomic E-state index is 13.4. The molecular formula is C26H22N4O2S. The molecular weight excluding hydrogens is 432 g/mol. The molecule has 0 bridgehead atoms. The van der Waals surface area contributed by atoms with Gasteiger partial charge in [0.15, 0.2) is 5.82 Å². The lowest BCUT2D eigenvalue weighted by molar-refractivity contribution is 0.436. The Morgan fingerprint density at radius 2 is 1.79 bits per heavy atom. The standard InChI is InChI=1S/C26H22N4O2S/c1-14-9-10-21(15(2)11-14)30-25(31)19-8-6-5-7-18(19)20(26(30)32)12-27-23-22-16(3)17(4)33-24(22)29-13-28-23/h5-13,32H,1-4H3. The number of fused-ring (bicyclic) bond motifs is 2. The minimum Gasteiger partial charge on any atom is -0.494 e. The van der Waals surface area contributed by atoms with Crippen molar-refractivity contribution in [2.75, 3.05) is 0 Å². The van der Waals surface area contributed by atoms with E-state index in [9.17, 15) is 9.90 Å². The summed E-state index contributed by atoms with van der Waals surface area (Å²) in [6.07, 6.45) is 3.09. The van der Waals surface area contributed by atoms with Crippen LogP contribution >= 0.6 is 11.3 Å². The van der Waals surface area contributed by atoms with Gasteiger partial charge in [-0.2, -0.15) is 0 Å². The largest absolute Gasteiger partial charge is 0.494 e. The van der Waals surface area contributed by atoms with Gasteiger partial charge in [0.1, 0.15) is 11.2 Å². The van der Waals surface area contributed by atoms with Crippen molar-refractivity contribution in [3.63, 3.8) is 0 Å². The summed E-state index contributed by atoms with van der Waals surface area (Å²) >= 11 is 1.60. The van der Waals surface area contributed by atoms with Crippen LogP contribution in [0, 0.1) is 27.7 Å². The zero-order valence-corrected chi connectivity index (χ0v) is 19.6. The fourth-order valence-electron chi connectivity index (χ4n) is 4.16. The minimum absolute atomic E-state index is 0.155. The number of hydrogen-bond donors (Lipinski definition) is 1. The van der Waals surface area contributed by atoms with Crippen LogP contribution in [0.2, 0.25) is 0 Å². The van der Waals surface area contributed by atoms with Crippen molar-refractivity contribution < 1.29 is 5.11 Å². The number of nitrogens with zero attached hydrogens (tertiary/aromatic N) is 4. The highest BCUT2D eigenvalue weighted by atomic mass is 32.1. The number of aryl methyl sites for hydroxylation is 4. The first-order chi connectivity index (χ1) is 15.9. The van der Waals surface area contributed by atoms with E-state index in [1.165, 1.54) is 15.8 Å². The Morgan fingerprint density at radius 3 is 2.55 bits per heavy atom. The summed E-state index contributed by atoms with van der Waals surface area (Å²) in [4.78, 5) is 28.8. The molecule has 0 amide bonds. The molecule has 0 atom stereocenters. The summed E-state index contributed by atoms with van der Waals surface area (Å²) in [7, 11) is 0. The molecule has 0 spiro atoms. The first kappa shape index (κ1) is 21.0. The quantitative estimate of drug-likeness (QED) is 0.355. The molecule has 7 heteroatoms. The Labute approximate surface area is 194 Å².